The maximum Gasteiger partial charge on any atom is 0.294 e. The highest BCUT2D eigenvalue weighted by molar-refractivity contribution is 5.14. The minimum Gasteiger partial charge on any atom is -0.314 e. The summed E-state index contributed by atoms with van der Waals surface area (Å²) in [4.78, 5) is 65.0. The maximum absolute atomic E-state index is 11.7. The highest BCUT2D eigenvalue weighted by Gasteiger charge is 2.67. The van der Waals surface area contributed by atoms with Crippen molar-refractivity contribution in [3.05, 3.63) is 40.5 Å². The number of hydrogen-bond donors (Lipinski definition) is 0. The normalized spacial score (nSPS) is 40.9. The van der Waals surface area contributed by atoms with Gasteiger partial charge in [0.2, 0.25) is 0 Å². The predicted octanol–water partition coefficient (Wildman–Crippen LogP) is 4.22. The van der Waals surface area contributed by atoms with Gasteiger partial charge in [-0.1, -0.05) is 20.8 Å². The fourth-order valence-corrected chi connectivity index (χ4v) is 9.51. The molecule has 16 heteroatoms. The first-order valence-electron chi connectivity index (χ1n) is 14.0. The van der Waals surface area contributed by atoms with Crippen LogP contribution in [-0.4, -0.2) is 45.3 Å². The van der Waals surface area contributed by atoms with Crippen molar-refractivity contribution in [1.29, 1.82) is 0 Å². The summed E-state index contributed by atoms with van der Waals surface area (Å²) in [6.45, 7) is 6.07. The number of rotatable bonds is 12. The summed E-state index contributed by atoms with van der Waals surface area (Å²) in [5, 5.41) is 41.7. The SMILES string of the molecule is C[C@H](CCCO[N+](=O)[O-])[C@H]1CC[C@H]2[C@@H]3[C@H](O[N+](=O)[O-])C[C@@H]4C[C@H](O[N+](=O)[O-])CC[C@]4(C)[C@H]3C[C@H](O[N+](=O)[O-])[C@]12C. The number of fused-ring (bicyclic) bond motifs is 5. The molecule has 0 saturated heterocycles. The summed E-state index contributed by atoms with van der Waals surface area (Å²) in [5.74, 6) is -0.684. The zero-order valence-electron chi connectivity index (χ0n) is 23.0. The molecule has 0 spiro atoms. The van der Waals surface area contributed by atoms with Crippen LogP contribution in [0.2, 0.25) is 0 Å². The summed E-state index contributed by atoms with van der Waals surface area (Å²) in [5.41, 5.74) is -1.05. The molecule has 0 amide bonds. The van der Waals surface area contributed by atoms with Crippen LogP contribution in [0.15, 0.2) is 0 Å². The van der Waals surface area contributed by atoms with Crippen LogP contribution in [-0.2, 0) is 19.4 Å². The molecule has 0 bridgehead atoms. The molecule has 4 aliphatic rings. The maximum atomic E-state index is 11.7. The van der Waals surface area contributed by atoms with Gasteiger partial charge >= 0.3 is 0 Å². The average Bonchev–Trinajstić information content (AvgIpc) is 3.20. The first-order chi connectivity index (χ1) is 18.8. The molecule has 0 aromatic carbocycles. The predicted molar refractivity (Wildman–Crippen MR) is 133 cm³/mol. The molecule has 4 aliphatic carbocycles. The molecular formula is C24H38N4O12. The molecule has 0 aromatic rings. The largest absolute Gasteiger partial charge is 0.314 e. The van der Waals surface area contributed by atoms with Gasteiger partial charge in [0, 0.05) is 5.41 Å². The van der Waals surface area contributed by atoms with Crippen molar-refractivity contribution < 1.29 is 39.7 Å². The van der Waals surface area contributed by atoms with Crippen LogP contribution in [0.5, 0.6) is 0 Å². The van der Waals surface area contributed by atoms with Crippen molar-refractivity contribution in [2.45, 2.75) is 96.9 Å². The quantitative estimate of drug-likeness (QED) is 0.182. The molecule has 0 radical (unpaired) electrons. The Morgan fingerprint density at radius 3 is 2.12 bits per heavy atom. The van der Waals surface area contributed by atoms with Crippen LogP contribution in [0.3, 0.4) is 0 Å². The minimum absolute atomic E-state index is 0.00924. The van der Waals surface area contributed by atoms with E-state index < -0.39 is 44.1 Å². The average molecular weight is 575 g/mol. The standard InChI is InChI=1S/C24H38N4O12/c1-14(5-4-10-37-25(29)30)17-6-7-18-22-19(13-21(24(17,18)3)40-28(35)36)23(2)9-8-16(38-26(31)32)11-15(23)12-20(22)39-27(33)34/h14-22H,4-13H2,1-3H3/t14-,15+,16-,17-,18+,19+,20-,21+,22+,23+,24-/m1/s1. The van der Waals surface area contributed by atoms with E-state index in [1.54, 1.807) is 0 Å². The molecular weight excluding hydrogens is 536 g/mol. The van der Waals surface area contributed by atoms with E-state index in [0.717, 1.165) is 6.42 Å². The van der Waals surface area contributed by atoms with Crippen molar-refractivity contribution in [2.24, 2.45) is 46.3 Å². The molecule has 226 valence electrons. The van der Waals surface area contributed by atoms with Gasteiger partial charge in [0.15, 0.2) is 0 Å². The van der Waals surface area contributed by atoms with Crippen molar-refractivity contribution in [3.8, 4) is 0 Å². The van der Waals surface area contributed by atoms with E-state index in [-0.39, 0.29) is 47.5 Å². The lowest BCUT2D eigenvalue weighted by Gasteiger charge is -2.64. The van der Waals surface area contributed by atoms with Gasteiger partial charge in [0.05, 0.1) is 6.61 Å². The van der Waals surface area contributed by atoms with Crippen LogP contribution in [0.25, 0.3) is 0 Å². The Hall–Kier alpha value is -3.20. The van der Waals surface area contributed by atoms with E-state index in [4.69, 9.17) is 14.5 Å². The molecule has 11 atom stereocenters. The molecule has 0 unspecified atom stereocenters. The third-order valence-electron chi connectivity index (χ3n) is 11.1. The molecule has 0 aromatic heterocycles. The third-order valence-corrected chi connectivity index (χ3v) is 11.1. The first-order valence-corrected chi connectivity index (χ1v) is 14.0. The monoisotopic (exact) mass is 574 g/mol. The molecule has 0 N–H and O–H groups in total. The van der Waals surface area contributed by atoms with Gasteiger partial charge in [-0.3, -0.25) is 0 Å². The first kappa shape index (κ1) is 29.8. The van der Waals surface area contributed by atoms with E-state index in [2.05, 4.69) is 11.8 Å². The van der Waals surface area contributed by atoms with E-state index in [0.29, 0.717) is 51.4 Å². The number of hydrogen-bond acceptors (Lipinski definition) is 12. The second-order valence-electron chi connectivity index (χ2n) is 12.6. The fourth-order valence-electron chi connectivity index (χ4n) is 9.51. The smallest absolute Gasteiger partial charge is 0.294 e. The Morgan fingerprint density at radius 1 is 0.825 bits per heavy atom. The lowest BCUT2D eigenvalue weighted by Crippen LogP contribution is -2.63. The van der Waals surface area contributed by atoms with Gasteiger partial charge in [-0.2, -0.15) is 0 Å². The molecule has 0 heterocycles. The lowest BCUT2D eigenvalue weighted by atomic mass is 9.43. The summed E-state index contributed by atoms with van der Waals surface area (Å²) < 4.78 is 0. The second kappa shape index (κ2) is 11.4. The van der Waals surface area contributed by atoms with Gasteiger partial charge in [0.1, 0.15) is 18.3 Å². The van der Waals surface area contributed by atoms with Gasteiger partial charge in [-0.05, 0) is 98.7 Å². The van der Waals surface area contributed by atoms with Crippen molar-refractivity contribution in [3.63, 3.8) is 0 Å². The van der Waals surface area contributed by atoms with Crippen LogP contribution >= 0.6 is 0 Å². The summed E-state index contributed by atoms with van der Waals surface area (Å²) in [6, 6.07) is 0. The Labute approximate surface area is 230 Å². The van der Waals surface area contributed by atoms with E-state index >= 15 is 0 Å². The van der Waals surface area contributed by atoms with Crippen molar-refractivity contribution >= 4 is 0 Å². The van der Waals surface area contributed by atoms with Crippen LogP contribution in [0.4, 0.5) is 0 Å². The Kier molecular flexibility index (Phi) is 8.45. The molecule has 16 nitrogen and oxygen atoms in total. The van der Waals surface area contributed by atoms with Gasteiger partial charge in [0.25, 0.3) is 20.3 Å². The Bertz CT molecular complexity index is 1000. The lowest BCUT2D eigenvalue weighted by molar-refractivity contribution is -0.779. The van der Waals surface area contributed by atoms with Crippen LogP contribution < -0.4 is 0 Å². The topological polar surface area (TPSA) is 209 Å². The van der Waals surface area contributed by atoms with Crippen molar-refractivity contribution in [1.82, 2.24) is 0 Å². The second-order valence-corrected chi connectivity index (χ2v) is 12.6. The van der Waals surface area contributed by atoms with Crippen molar-refractivity contribution in [2.75, 3.05) is 6.61 Å². The molecule has 40 heavy (non-hydrogen) atoms. The summed E-state index contributed by atoms with van der Waals surface area (Å²) in [7, 11) is 0. The molecule has 4 rings (SSSR count). The van der Waals surface area contributed by atoms with Gasteiger partial charge in [-0.15, -0.1) is 40.5 Å². The van der Waals surface area contributed by atoms with E-state index in [1.165, 1.54) is 0 Å². The number of nitrogens with zero attached hydrogens (tertiary/aromatic N) is 4. The zero-order valence-corrected chi connectivity index (χ0v) is 23.0. The summed E-state index contributed by atoms with van der Waals surface area (Å²) in [6.07, 6.45) is 2.45. The Morgan fingerprint density at radius 2 is 1.50 bits per heavy atom. The highest BCUT2D eigenvalue weighted by atomic mass is 17.0. The van der Waals surface area contributed by atoms with Gasteiger partial charge in [-0.25, -0.2) is 0 Å². The Balaban J connectivity index is 1.65. The van der Waals surface area contributed by atoms with Gasteiger partial charge < -0.3 is 19.4 Å². The summed E-state index contributed by atoms with van der Waals surface area (Å²) >= 11 is 0. The molecule has 4 saturated carbocycles. The third kappa shape index (κ3) is 5.53. The van der Waals surface area contributed by atoms with E-state index in [9.17, 15) is 40.5 Å². The fraction of sp³-hybridized carbons (Fsp3) is 1.00. The molecule has 4 fully saturated rings. The van der Waals surface area contributed by atoms with Crippen LogP contribution in [0.1, 0.15) is 78.6 Å². The molecule has 0 aliphatic heterocycles. The van der Waals surface area contributed by atoms with Crippen LogP contribution in [0, 0.1) is 86.8 Å². The zero-order chi connectivity index (χ0) is 29.4. The van der Waals surface area contributed by atoms with E-state index in [1.807, 2.05) is 13.8 Å². The highest BCUT2D eigenvalue weighted by Crippen LogP contribution is 2.69. The minimum atomic E-state index is -0.830.